The van der Waals surface area contributed by atoms with Crippen molar-refractivity contribution in [3.8, 4) is 0 Å². The van der Waals surface area contributed by atoms with E-state index in [-0.39, 0.29) is 5.60 Å². The van der Waals surface area contributed by atoms with Crippen LogP contribution in [-0.2, 0) is 9.53 Å². The minimum atomic E-state index is -0.203. The molecule has 0 fully saturated rings. The van der Waals surface area contributed by atoms with Crippen LogP contribution in [0.2, 0.25) is 0 Å². The molecule has 1 unspecified atom stereocenters. The van der Waals surface area contributed by atoms with Gasteiger partial charge >= 0.3 is 0 Å². The molecule has 1 atom stereocenters. The highest BCUT2D eigenvalue weighted by molar-refractivity contribution is 5.38. The van der Waals surface area contributed by atoms with Crippen molar-refractivity contribution in [2.75, 3.05) is 0 Å². The van der Waals surface area contributed by atoms with Gasteiger partial charge in [-0.05, 0) is 31.6 Å². The van der Waals surface area contributed by atoms with Gasteiger partial charge in [0.2, 0.25) is 0 Å². The first-order valence-corrected chi connectivity index (χ1v) is 11.8. The van der Waals surface area contributed by atoms with Gasteiger partial charge in [-0.2, -0.15) is 0 Å². The summed E-state index contributed by atoms with van der Waals surface area (Å²) in [5.74, 6) is 0.888. The zero-order valence-electron chi connectivity index (χ0n) is 18.5. The van der Waals surface area contributed by atoms with Gasteiger partial charge in [0.1, 0.15) is 5.60 Å². The lowest BCUT2D eigenvalue weighted by atomic mass is 9.89. The van der Waals surface area contributed by atoms with Crippen LogP contribution in [0.5, 0.6) is 0 Å². The summed E-state index contributed by atoms with van der Waals surface area (Å²) in [5, 5.41) is 0. The van der Waals surface area contributed by atoms with Crippen molar-refractivity contribution in [1.82, 2.24) is 0 Å². The van der Waals surface area contributed by atoms with E-state index in [2.05, 4.69) is 27.7 Å². The van der Waals surface area contributed by atoms with E-state index in [0.717, 1.165) is 25.2 Å². The van der Waals surface area contributed by atoms with E-state index in [0.29, 0.717) is 6.47 Å². The fraction of sp³-hybridized carbons (Fsp3) is 0.958. The van der Waals surface area contributed by atoms with E-state index in [1.807, 2.05) is 0 Å². The van der Waals surface area contributed by atoms with Crippen LogP contribution in [0, 0.1) is 5.92 Å². The van der Waals surface area contributed by atoms with Gasteiger partial charge in [0, 0.05) is 0 Å². The average molecular weight is 369 g/mol. The molecule has 0 N–H and O–H groups in total. The molecular formula is C24H48O2. The van der Waals surface area contributed by atoms with E-state index >= 15 is 0 Å². The average Bonchev–Trinajstić information content (AvgIpc) is 2.65. The summed E-state index contributed by atoms with van der Waals surface area (Å²) in [4.78, 5) is 10.7. The molecule has 0 aromatic heterocycles. The van der Waals surface area contributed by atoms with Crippen molar-refractivity contribution in [3.05, 3.63) is 0 Å². The Morgan fingerprint density at radius 1 is 0.731 bits per heavy atom. The highest BCUT2D eigenvalue weighted by Crippen LogP contribution is 2.27. The van der Waals surface area contributed by atoms with E-state index in [9.17, 15) is 4.79 Å². The van der Waals surface area contributed by atoms with Crippen molar-refractivity contribution in [3.63, 3.8) is 0 Å². The number of hydrogen-bond acceptors (Lipinski definition) is 2. The Hall–Kier alpha value is -0.530. The first-order valence-electron chi connectivity index (χ1n) is 11.8. The Bertz CT molecular complexity index is 297. The number of ether oxygens (including phenoxy) is 1. The maximum atomic E-state index is 10.7. The highest BCUT2D eigenvalue weighted by atomic mass is 16.5. The van der Waals surface area contributed by atoms with E-state index in [4.69, 9.17) is 4.74 Å². The fourth-order valence-corrected chi connectivity index (χ4v) is 4.00. The third-order valence-corrected chi connectivity index (χ3v) is 6.22. The fourth-order valence-electron chi connectivity index (χ4n) is 4.00. The van der Waals surface area contributed by atoms with E-state index < -0.39 is 0 Å². The maximum Gasteiger partial charge on any atom is 0.293 e. The van der Waals surface area contributed by atoms with Gasteiger partial charge in [-0.1, -0.05) is 111 Å². The Kier molecular flexibility index (Phi) is 17.5. The minimum Gasteiger partial charge on any atom is -0.461 e. The summed E-state index contributed by atoms with van der Waals surface area (Å²) >= 11 is 0. The summed E-state index contributed by atoms with van der Waals surface area (Å²) in [6.45, 7) is 9.60. The zero-order chi connectivity index (χ0) is 19.5. The van der Waals surface area contributed by atoms with Gasteiger partial charge in [-0.15, -0.1) is 0 Å². The molecule has 0 radical (unpaired) electrons. The van der Waals surface area contributed by atoms with Crippen LogP contribution >= 0.6 is 0 Å². The second-order valence-corrected chi connectivity index (χ2v) is 8.43. The molecule has 26 heavy (non-hydrogen) atoms. The van der Waals surface area contributed by atoms with Crippen LogP contribution in [-0.4, -0.2) is 12.1 Å². The lowest BCUT2D eigenvalue weighted by molar-refractivity contribution is -0.145. The number of carbonyl (C=O) groups is 1. The summed E-state index contributed by atoms with van der Waals surface area (Å²) < 4.78 is 5.38. The topological polar surface area (TPSA) is 26.3 Å². The molecule has 0 amide bonds. The summed E-state index contributed by atoms with van der Waals surface area (Å²) in [6, 6.07) is 0. The van der Waals surface area contributed by atoms with Crippen LogP contribution in [0.25, 0.3) is 0 Å². The molecule has 156 valence electrons. The second-order valence-electron chi connectivity index (χ2n) is 8.43. The zero-order valence-corrected chi connectivity index (χ0v) is 18.5. The summed E-state index contributed by atoms with van der Waals surface area (Å²) in [7, 11) is 0. The van der Waals surface area contributed by atoms with Crippen LogP contribution < -0.4 is 0 Å². The Morgan fingerprint density at radius 3 is 1.65 bits per heavy atom. The van der Waals surface area contributed by atoms with Crippen molar-refractivity contribution in [1.29, 1.82) is 0 Å². The summed E-state index contributed by atoms with van der Waals surface area (Å²) in [5.41, 5.74) is -0.203. The molecule has 0 aliphatic heterocycles. The molecule has 2 heteroatoms. The molecule has 0 bridgehead atoms. The molecule has 0 rings (SSSR count). The lowest BCUT2D eigenvalue weighted by Gasteiger charge is -2.29. The molecule has 2 nitrogen and oxygen atoms in total. The third-order valence-electron chi connectivity index (χ3n) is 6.22. The molecule has 0 aliphatic carbocycles. The normalized spacial score (nSPS) is 12.9. The van der Waals surface area contributed by atoms with Crippen molar-refractivity contribution < 1.29 is 9.53 Å². The quantitative estimate of drug-likeness (QED) is 0.160. The predicted octanol–water partition coefficient (Wildman–Crippen LogP) is 8.23. The van der Waals surface area contributed by atoms with Gasteiger partial charge in [0.15, 0.2) is 0 Å². The van der Waals surface area contributed by atoms with Crippen LogP contribution in [0.3, 0.4) is 0 Å². The number of hydrogen-bond donors (Lipinski definition) is 0. The SMILES string of the molecule is CCCCCCCCCCC(C)CCCCCCC(CC)(CC)OC=O. The molecular weight excluding hydrogens is 320 g/mol. The van der Waals surface area contributed by atoms with Gasteiger partial charge in [0.25, 0.3) is 6.47 Å². The smallest absolute Gasteiger partial charge is 0.293 e. The Morgan fingerprint density at radius 2 is 1.19 bits per heavy atom. The van der Waals surface area contributed by atoms with Gasteiger partial charge < -0.3 is 4.74 Å². The highest BCUT2D eigenvalue weighted by Gasteiger charge is 2.26. The van der Waals surface area contributed by atoms with E-state index in [1.165, 1.54) is 89.9 Å². The van der Waals surface area contributed by atoms with Crippen LogP contribution in [0.1, 0.15) is 137 Å². The second kappa shape index (κ2) is 17.9. The van der Waals surface area contributed by atoms with Gasteiger partial charge in [0.05, 0.1) is 0 Å². The first-order chi connectivity index (χ1) is 12.6. The largest absolute Gasteiger partial charge is 0.461 e. The molecule has 0 aromatic rings. The molecule has 0 saturated carbocycles. The van der Waals surface area contributed by atoms with Crippen molar-refractivity contribution in [2.24, 2.45) is 5.92 Å². The van der Waals surface area contributed by atoms with Gasteiger partial charge in [-0.25, -0.2) is 0 Å². The van der Waals surface area contributed by atoms with E-state index in [1.54, 1.807) is 0 Å². The number of carbonyl (C=O) groups excluding carboxylic acids is 1. The number of unbranched alkanes of at least 4 members (excludes halogenated alkanes) is 10. The monoisotopic (exact) mass is 368 g/mol. The third kappa shape index (κ3) is 13.6. The number of rotatable bonds is 20. The molecule has 0 aromatic carbocycles. The first kappa shape index (κ1) is 25.5. The standard InChI is InChI=1S/C24H48O2/c1-5-8-9-10-11-12-13-16-19-23(4)20-17-14-15-18-21-24(6-2,7-3)26-22-25/h22-23H,5-21H2,1-4H3. The summed E-state index contributed by atoms with van der Waals surface area (Å²) in [6.07, 6.45) is 22.2. The van der Waals surface area contributed by atoms with Crippen molar-refractivity contribution in [2.45, 2.75) is 142 Å². The lowest BCUT2D eigenvalue weighted by Crippen LogP contribution is -2.30. The molecule has 0 spiro atoms. The van der Waals surface area contributed by atoms with Crippen LogP contribution in [0.15, 0.2) is 0 Å². The molecule has 0 heterocycles. The minimum absolute atomic E-state index is 0.203. The Balaban J connectivity index is 3.50. The van der Waals surface area contributed by atoms with Crippen LogP contribution in [0.4, 0.5) is 0 Å². The maximum absolute atomic E-state index is 10.7. The van der Waals surface area contributed by atoms with Crippen molar-refractivity contribution >= 4 is 6.47 Å². The Labute approximate surface area is 164 Å². The predicted molar refractivity (Wildman–Crippen MR) is 115 cm³/mol. The van der Waals surface area contributed by atoms with Gasteiger partial charge in [-0.3, -0.25) is 4.79 Å². The molecule has 0 aliphatic rings. The molecule has 0 saturated heterocycles.